The minimum absolute atomic E-state index is 1.83. The van der Waals surface area contributed by atoms with Crippen LogP contribution in [0.1, 0.15) is 11.1 Å². The predicted octanol–water partition coefficient (Wildman–Crippen LogP) is 5.09. The lowest BCUT2D eigenvalue weighted by Gasteiger charge is -2.18. The van der Waals surface area contributed by atoms with Crippen molar-refractivity contribution in [1.29, 1.82) is 0 Å². The van der Waals surface area contributed by atoms with Crippen LogP contribution in [0, 0.1) is 23.3 Å². The first-order chi connectivity index (χ1) is 7.89. The third kappa shape index (κ3) is 2.62. The Morgan fingerprint density at radius 2 is 1.00 bits per heavy atom. The van der Waals surface area contributed by atoms with Gasteiger partial charge < -0.3 is 0 Å². The molecule has 0 fully saturated rings. The Kier molecular flexibility index (Phi) is 4.01. The van der Waals surface area contributed by atoms with Gasteiger partial charge in [0, 0.05) is 0 Å². The third-order valence-electron chi connectivity index (χ3n) is 1.83. The average molecular weight is 335 g/mol. The Hall–Kier alpha value is -0.400. The molecule has 0 nitrogen and oxygen atoms in total. The van der Waals surface area contributed by atoms with E-state index in [0.29, 0.717) is 0 Å². The van der Waals surface area contributed by atoms with Gasteiger partial charge in [-0.15, -0.1) is 0 Å². The lowest BCUT2D eigenvalue weighted by Crippen LogP contribution is -2.20. The summed E-state index contributed by atoms with van der Waals surface area (Å²) in [6, 6.07) is 0. The van der Waals surface area contributed by atoms with Crippen LogP contribution in [0.25, 0.3) is 0 Å². The molecule has 0 aliphatic rings. The van der Waals surface area contributed by atoms with Gasteiger partial charge in [-0.1, -0.05) is 34.8 Å². The van der Waals surface area contributed by atoms with E-state index in [1.807, 2.05) is 0 Å². The number of benzene rings is 1. The smallest absolute Gasteiger partial charge is 0.206 e. The standard InChI is InChI=1S/C8Cl3F7/c9-7(10,11)1-3(12)2(8(16,17)18)5(14)6(15)4(1)13. The Bertz CT molecular complexity index is 448. The molecule has 0 aliphatic heterocycles. The van der Waals surface area contributed by atoms with Crippen LogP contribution in [0.4, 0.5) is 30.7 Å². The van der Waals surface area contributed by atoms with E-state index >= 15 is 0 Å². The molecule has 1 rings (SSSR count). The lowest BCUT2D eigenvalue weighted by molar-refractivity contribution is -0.143. The van der Waals surface area contributed by atoms with Crippen molar-refractivity contribution in [3.63, 3.8) is 0 Å². The van der Waals surface area contributed by atoms with Gasteiger partial charge in [-0.2, -0.15) is 13.2 Å². The summed E-state index contributed by atoms with van der Waals surface area (Å²) in [4.78, 5) is 0. The van der Waals surface area contributed by atoms with Crippen molar-refractivity contribution < 1.29 is 30.7 Å². The molecule has 18 heavy (non-hydrogen) atoms. The molecule has 0 saturated heterocycles. The summed E-state index contributed by atoms with van der Waals surface area (Å²) in [6.07, 6.45) is -5.62. The molecule has 0 aromatic heterocycles. The Morgan fingerprint density at radius 3 is 1.33 bits per heavy atom. The molecule has 1 aromatic rings. The summed E-state index contributed by atoms with van der Waals surface area (Å²) in [7, 11) is 0. The van der Waals surface area contributed by atoms with Crippen molar-refractivity contribution in [3.05, 3.63) is 34.4 Å². The molecule has 0 atom stereocenters. The summed E-state index contributed by atoms with van der Waals surface area (Å²) in [5, 5.41) is 0. The molecule has 0 amide bonds. The van der Waals surface area contributed by atoms with E-state index < -0.39 is 44.4 Å². The Morgan fingerprint density at radius 1 is 0.611 bits per heavy atom. The number of hydrogen-bond acceptors (Lipinski definition) is 0. The van der Waals surface area contributed by atoms with Crippen LogP contribution in [-0.2, 0) is 9.97 Å². The SMILES string of the molecule is Fc1c(F)c(C(F)(F)F)c(F)c(C(Cl)(Cl)Cl)c1F. The molecule has 0 heterocycles. The third-order valence-corrected chi connectivity index (χ3v) is 2.40. The molecule has 1 aromatic carbocycles. The Labute approximate surface area is 110 Å². The van der Waals surface area contributed by atoms with E-state index in [2.05, 4.69) is 0 Å². The highest BCUT2D eigenvalue weighted by atomic mass is 35.6. The molecular formula is C8Cl3F7. The average Bonchev–Trinajstić information content (AvgIpc) is 2.09. The summed E-state index contributed by atoms with van der Waals surface area (Å²) in [5.74, 6) is -10.2. The highest BCUT2D eigenvalue weighted by Crippen LogP contribution is 2.45. The highest BCUT2D eigenvalue weighted by Gasteiger charge is 2.45. The number of hydrogen-bond donors (Lipinski definition) is 0. The summed E-state index contributed by atoms with van der Waals surface area (Å²) in [5.41, 5.74) is -4.50. The minimum Gasteiger partial charge on any atom is -0.206 e. The van der Waals surface area contributed by atoms with Gasteiger partial charge in [0.25, 0.3) is 0 Å². The van der Waals surface area contributed by atoms with Gasteiger partial charge in [-0.05, 0) is 0 Å². The van der Waals surface area contributed by atoms with E-state index in [4.69, 9.17) is 34.8 Å². The van der Waals surface area contributed by atoms with Crippen molar-refractivity contribution in [1.82, 2.24) is 0 Å². The molecule has 0 bridgehead atoms. The number of halogens is 10. The van der Waals surface area contributed by atoms with Gasteiger partial charge in [-0.25, -0.2) is 17.6 Å². The first-order valence-electron chi connectivity index (χ1n) is 3.89. The van der Waals surface area contributed by atoms with Gasteiger partial charge in [0.05, 0.1) is 5.56 Å². The zero-order valence-electron chi connectivity index (χ0n) is 7.78. The van der Waals surface area contributed by atoms with E-state index in [1.54, 1.807) is 0 Å². The topological polar surface area (TPSA) is 0 Å². The predicted molar refractivity (Wildman–Crippen MR) is 50.5 cm³/mol. The first-order valence-corrected chi connectivity index (χ1v) is 5.02. The molecule has 0 radical (unpaired) electrons. The van der Waals surface area contributed by atoms with E-state index in [1.165, 1.54) is 0 Å². The molecule has 0 spiro atoms. The van der Waals surface area contributed by atoms with Crippen LogP contribution < -0.4 is 0 Å². The molecular weight excluding hydrogens is 335 g/mol. The van der Waals surface area contributed by atoms with Crippen LogP contribution in [0.15, 0.2) is 0 Å². The molecule has 102 valence electrons. The number of rotatable bonds is 0. The van der Waals surface area contributed by atoms with Crippen molar-refractivity contribution in [3.8, 4) is 0 Å². The van der Waals surface area contributed by atoms with E-state index in [-0.39, 0.29) is 0 Å². The molecule has 0 saturated carbocycles. The normalized spacial score (nSPS) is 13.0. The summed E-state index contributed by atoms with van der Waals surface area (Å²) in [6.45, 7) is 0. The second kappa shape index (κ2) is 4.61. The van der Waals surface area contributed by atoms with Gasteiger partial charge in [-0.3, -0.25) is 0 Å². The van der Waals surface area contributed by atoms with Crippen molar-refractivity contribution in [2.24, 2.45) is 0 Å². The fourth-order valence-corrected chi connectivity index (χ4v) is 1.63. The minimum atomic E-state index is -5.62. The fourth-order valence-electron chi connectivity index (χ4n) is 1.13. The Balaban J connectivity index is 3.83. The maximum Gasteiger partial charge on any atom is 0.422 e. The quantitative estimate of drug-likeness (QED) is 0.268. The van der Waals surface area contributed by atoms with Crippen molar-refractivity contribution >= 4 is 34.8 Å². The first kappa shape index (κ1) is 15.7. The van der Waals surface area contributed by atoms with Crippen LogP contribution in [0.5, 0.6) is 0 Å². The maximum atomic E-state index is 13.3. The molecule has 0 unspecified atom stereocenters. The van der Waals surface area contributed by atoms with Crippen molar-refractivity contribution in [2.45, 2.75) is 9.97 Å². The van der Waals surface area contributed by atoms with Gasteiger partial charge in [0.1, 0.15) is 11.4 Å². The second-order valence-corrected chi connectivity index (χ2v) is 5.28. The zero-order chi connectivity index (χ0) is 14.5. The molecule has 0 N–H and O–H groups in total. The molecule has 10 heteroatoms. The van der Waals surface area contributed by atoms with Crippen LogP contribution in [0.3, 0.4) is 0 Å². The van der Waals surface area contributed by atoms with Crippen molar-refractivity contribution in [2.75, 3.05) is 0 Å². The van der Waals surface area contributed by atoms with E-state index in [0.717, 1.165) is 0 Å². The highest BCUT2D eigenvalue weighted by molar-refractivity contribution is 6.66. The lowest BCUT2D eigenvalue weighted by atomic mass is 10.1. The monoisotopic (exact) mass is 334 g/mol. The second-order valence-electron chi connectivity index (χ2n) is 3.00. The molecule has 0 aliphatic carbocycles. The summed E-state index contributed by atoms with van der Waals surface area (Å²) < 4.78 is 86.1. The largest absolute Gasteiger partial charge is 0.422 e. The van der Waals surface area contributed by atoms with Gasteiger partial charge in [0.15, 0.2) is 17.5 Å². The van der Waals surface area contributed by atoms with Gasteiger partial charge in [0.2, 0.25) is 3.79 Å². The van der Waals surface area contributed by atoms with E-state index in [9.17, 15) is 30.7 Å². The summed E-state index contributed by atoms with van der Waals surface area (Å²) >= 11 is 15.0. The fraction of sp³-hybridized carbons (Fsp3) is 0.250. The van der Waals surface area contributed by atoms with Crippen LogP contribution in [0.2, 0.25) is 0 Å². The zero-order valence-corrected chi connectivity index (χ0v) is 10.0. The van der Waals surface area contributed by atoms with Crippen LogP contribution >= 0.6 is 34.8 Å². The van der Waals surface area contributed by atoms with Crippen LogP contribution in [-0.4, -0.2) is 0 Å². The van der Waals surface area contributed by atoms with Gasteiger partial charge >= 0.3 is 6.18 Å². The maximum absolute atomic E-state index is 13.3. The number of alkyl halides is 6.